The van der Waals surface area contributed by atoms with Crippen LogP contribution in [0.3, 0.4) is 0 Å². The molecule has 1 rings (SSSR count). The summed E-state index contributed by atoms with van der Waals surface area (Å²) in [6.07, 6.45) is 1.33. The highest BCUT2D eigenvalue weighted by molar-refractivity contribution is 7.09. The molecule has 3 heteroatoms. The first-order valence-corrected chi connectivity index (χ1v) is 3.55. The van der Waals surface area contributed by atoms with Crippen LogP contribution in [0.4, 0.5) is 0 Å². The molecule has 0 saturated heterocycles. The van der Waals surface area contributed by atoms with E-state index in [1.165, 1.54) is 11.3 Å². The molecule has 1 heterocycles. The number of rotatable bonds is 2. The number of aryl methyl sites for hydroxylation is 1. The Labute approximate surface area is 57.5 Å². The van der Waals surface area contributed by atoms with Gasteiger partial charge in [-0.15, -0.1) is 11.3 Å². The third kappa shape index (κ3) is 1.61. The van der Waals surface area contributed by atoms with E-state index < -0.39 is 0 Å². The molecule has 0 amide bonds. The maximum Gasteiger partial charge on any atom is 0.126 e. The number of carbonyl (C=O) groups excluding carboxylic acids is 1. The summed E-state index contributed by atoms with van der Waals surface area (Å²) in [4.78, 5) is 14.0. The van der Waals surface area contributed by atoms with Gasteiger partial charge in [-0.3, -0.25) is 0 Å². The largest absolute Gasteiger partial charge is 0.303 e. The van der Waals surface area contributed by atoms with Crippen molar-refractivity contribution in [3.05, 3.63) is 16.1 Å². The lowest BCUT2D eigenvalue weighted by molar-refractivity contribution is -0.107. The highest BCUT2D eigenvalue weighted by Crippen LogP contribution is 2.07. The summed E-state index contributed by atoms with van der Waals surface area (Å²) in [5, 5.41) is 2.85. The van der Waals surface area contributed by atoms with Gasteiger partial charge in [0.15, 0.2) is 0 Å². The molecule has 2 nitrogen and oxygen atoms in total. The quantitative estimate of drug-likeness (QED) is 0.579. The van der Waals surface area contributed by atoms with Crippen LogP contribution in [-0.4, -0.2) is 11.3 Å². The molecule has 0 atom stereocenters. The SMILES string of the molecule is Cc1csc(CC=O)n1. The standard InChI is InChI=1S/C6H7NOS/c1-5-4-9-6(7-5)2-3-8/h3-4H,2H2,1H3. The van der Waals surface area contributed by atoms with Gasteiger partial charge < -0.3 is 4.79 Å². The number of carbonyl (C=O) groups is 1. The molecule has 0 aliphatic heterocycles. The second-order valence-electron chi connectivity index (χ2n) is 1.75. The second-order valence-corrected chi connectivity index (χ2v) is 2.70. The van der Waals surface area contributed by atoms with E-state index >= 15 is 0 Å². The van der Waals surface area contributed by atoms with E-state index in [-0.39, 0.29) is 0 Å². The molecule has 0 spiro atoms. The Balaban J connectivity index is 2.72. The second kappa shape index (κ2) is 2.73. The number of hydrogen-bond acceptors (Lipinski definition) is 3. The first-order valence-electron chi connectivity index (χ1n) is 2.67. The summed E-state index contributed by atoms with van der Waals surface area (Å²) in [7, 11) is 0. The van der Waals surface area contributed by atoms with Gasteiger partial charge >= 0.3 is 0 Å². The zero-order chi connectivity index (χ0) is 6.69. The highest BCUT2D eigenvalue weighted by atomic mass is 32.1. The van der Waals surface area contributed by atoms with Crippen LogP contribution >= 0.6 is 11.3 Å². The molecular formula is C6H7NOS. The monoisotopic (exact) mass is 141 g/mol. The fraction of sp³-hybridized carbons (Fsp3) is 0.333. The molecule has 0 unspecified atom stereocenters. The van der Waals surface area contributed by atoms with Crippen LogP contribution < -0.4 is 0 Å². The van der Waals surface area contributed by atoms with Gasteiger partial charge in [-0.05, 0) is 6.92 Å². The maximum atomic E-state index is 9.95. The average Bonchev–Trinajstić information content (AvgIpc) is 2.17. The Kier molecular flexibility index (Phi) is 1.95. The fourth-order valence-electron chi connectivity index (χ4n) is 0.568. The fourth-order valence-corrected chi connectivity index (χ4v) is 1.29. The molecule has 0 aliphatic carbocycles. The minimum absolute atomic E-state index is 0.457. The van der Waals surface area contributed by atoms with Gasteiger partial charge in [0, 0.05) is 11.1 Å². The third-order valence-corrected chi connectivity index (χ3v) is 1.91. The lowest BCUT2D eigenvalue weighted by Crippen LogP contribution is -1.82. The van der Waals surface area contributed by atoms with E-state index in [9.17, 15) is 4.79 Å². The van der Waals surface area contributed by atoms with Gasteiger partial charge in [-0.1, -0.05) is 0 Å². The van der Waals surface area contributed by atoms with Gasteiger partial charge in [0.2, 0.25) is 0 Å². The summed E-state index contributed by atoms with van der Waals surface area (Å²) in [6, 6.07) is 0. The van der Waals surface area contributed by atoms with E-state index in [4.69, 9.17) is 0 Å². The van der Waals surface area contributed by atoms with Crippen molar-refractivity contribution in [3.63, 3.8) is 0 Å². The number of aromatic nitrogens is 1. The molecule has 0 bridgehead atoms. The Bertz CT molecular complexity index is 207. The van der Waals surface area contributed by atoms with Crippen molar-refractivity contribution in [2.45, 2.75) is 13.3 Å². The molecule has 0 radical (unpaired) electrons. The number of hydrogen-bond donors (Lipinski definition) is 0. The van der Waals surface area contributed by atoms with E-state index in [1.54, 1.807) is 0 Å². The lowest BCUT2D eigenvalue weighted by atomic mass is 10.5. The summed E-state index contributed by atoms with van der Waals surface area (Å²) in [5.41, 5.74) is 0.997. The van der Waals surface area contributed by atoms with Crippen LogP contribution in [-0.2, 0) is 11.2 Å². The van der Waals surface area contributed by atoms with Crippen molar-refractivity contribution in [3.8, 4) is 0 Å². The average molecular weight is 141 g/mol. The van der Waals surface area contributed by atoms with Crippen molar-refractivity contribution in [1.82, 2.24) is 4.98 Å². The van der Waals surface area contributed by atoms with Crippen molar-refractivity contribution < 1.29 is 4.79 Å². The Hall–Kier alpha value is -0.700. The van der Waals surface area contributed by atoms with Crippen LogP contribution in [0.2, 0.25) is 0 Å². The lowest BCUT2D eigenvalue weighted by Gasteiger charge is -1.79. The van der Waals surface area contributed by atoms with Crippen molar-refractivity contribution in [2.24, 2.45) is 0 Å². The molecule has 0 aliphatic rings. The van der Waals surface area contributed by atoms with Crippen molar-refractivity contribution >= 4 is 17.6 Å². The molecule has 0 fully saturated rings. The Morgan fingerprint density at radius 2 is 2.67 bits per heavy atom. The molecule has 48 valence electrons. The molecular weight excluding hydrogens is 134 g/mol. The smallest absolute Gasteiger partial charge is 0.126 e. The zero-order valence-electron chi connectivity index (χ0n) is 5.13. The summed E-state index contributed by atoms with van der Waals surface area (Å²) in [6.45, 7) is 1.92. The minimum atomic E-state index is 0.457. The van der Waals surface area contributed by atoms with Crippen molar-refractivity contribution in [1.29, 1.82) is 0 Å². The zero-order valence-corrected chi connectivity index (χ0v) is 5.94. The van der Waals surface area contributed by atoms with Gasteiger partial charge in [-0.2, -0.15) is 0 Å². The third-order valence-electron chi connectivity index (χ3n) is 0.925. The van der Waals surface area contributed by atoms with Gasteiger partial charge in [-0.25, -0.2) is 4.98 Å². The van der Waals surface area contributed by atoms with Gasteiger partial charge in [0.25, 0.3) is 0 Å². The van der Waals surface area contributed by atoms with Crippen molar-refractivity contribution in [2.75, 3.05) is 0 Å². The maximum absolute atomic E-state index is 9.95. The highest BCUT2D eigenvalue weighted by Gasteiger charge is 1.94. The Morgan fingerprint density at radius 3 is 3.11 bits per heavy atom. The first kappa shape index (κ1) is 6.42. The summed E-state index contributed by atoms with van der Waals surface area (Å²) >= 11 is 1.53. The molecule has 0 aromatic carbocycles. The predicted molar refractivity (Wildman–Crippen MR) is 36.6 cm³/mol. The van der Waals surface area contributed by atoms with E-state index in [2.05, 4.69) is 4.98 Å². The van der Waals surface area contributed by atoms with Crippen LogP contribution in [0.25, 0.3) is 0 Å². The normalized spacial score (nSPS) is 9.44. The first-order chi connectivity index (χ1) is 4.33. The number of nitrogens with zero attached hydrogens (tertiary/aromatic N) is 1. The topological polar surface area (TPSA) is 30.0 Å². The van der Waals surface area contributed by atoms with Crippen LogP contribution in [0.1, 0.15) is 10.7 Å². The number of thiazole rings is 1. The molecule has 0 saturated carbocycles. The van der Waals surface area contributed by atoms with Gasteiger partial charge in [0.1, 0.15) is 6.29 Å². The van der Waals surface area contributed by atoms with E-state index in [1.807, 2.05) is 12.3 Å². The van der Waals surface area contributed by atoms with E-state index in [0.717, 1.165) is 17.0 Å². The minimum Gasteiger partial charge on any atom is -0.303 e. The summed E-state index contributed by atoms with van der Waals surface area (Å²) < 4.78 is 0. The molecule has 1 aromatic rings. The van der Waals surface area contributed by atoms with Gasteiger partial charge in [0.05, 0.1) is 11.4 Å². The Morgan fingerprint density at radius 1 is 1.89 bits per heavy atom. The van der Waals surface area contributed by atoms with Crippen LogP contribution in [0.5, 0.6) is 0 Å². The van der Waals surface area contributed by atoms with E-state index in [0.29, 0.717) is 6.42 Å². The predicted octanol–water partition coefficient (Wildman–Crippen LogP) is 1.19. The van der Waals surface area contributed by atoms with Crippen LogP contribution in [0.15, 0.2) is 5.38 Å². The summed E-state index contributed by atoms with van der Waals surface area (Å²) in [5.74, 6) is 0. The molecule has 9 heavy (non-hydrogen) atoms. The number of aldehydes is 1. The molecule has 1 aromatic heterocycles. The molecule has 0 N–H and O–H groups in total. The van der Waals surface area contributed by atoms with Crippen LogP contribution in [0, 0.1) is 6.92 Å².